The summed E-state index contributed by atoms with van der Waals surface area (Å²) in [5, 5.41) is 2.75. The number of nitrogens with one attached hydrogen (secondary N) is 1. The Bertz CT molecular complexity index is 407. The van der Waals surface area contributed by atoms with E-state index in [0.29, 0.717) is 12.8 Å². The van der Waals surface area contributed by atoms with Crippen molar-refractivity contribution in [3.63, 3.8) is 0 Å². The minimum absolute atomic E-state index is 0.000783. The second-order valence-electron chi connectivity index (χ2n) is 5.34. The van der Waals surface area contributed by atoms with Crippen molar-refractivity contribution in [3.8, 4) is 0 Å². The highest BCUT2D eigenvalue weighted by atomic mass is 16.5. The molecule has 0 aliphatic carbocycles. The van der Waals surface area contributed by atoms with Gasteiger partial charge in [0.15, 0.2) is 0 Å². The van der Waals surface area contributed by atoms with Crippen LogP contribution in [0.5, 0.6) is 0 Å². The summed E-state index contributed by atoms with van der Waals surface area (Å²) in [7, 11) is 0. The molecular weight excluding hydrogens is 248 g/mol. The van der Waals surface area contributed by atoms with Gasteiger partial charge in [0.1, 0.15) is 18.1 Å². The van der Waals surface area contributed by atoms with Gasteiger partial charge in [-0.1, -0.05) is 13.8 Å². The van der Waals surface area contributed by atoms with Gasteiger partial charge in [0.25, 0.3) is 0 Å². The number of carbonyl (C=O) groups is 3. The molecule has 0 aromatic carbocycles. The maximum Gasteiger partial charge on any atom is 0.328 e. The van der Waals surface area contributed by atoms with Gasteiger partial charge in [-0.15, -0.1) is 0 Å². The van der Waals surface area contributed by atoms with Crippen LogP contribution in [0.2, 0.25) is 0 Å². The van der Waals surface area contributed by atoms with E-state index in [2.05, 4.69) is 5.32 Å². The standard InChI is InChI=1S/C13H20N2O4/c1-4-19-13(18)9-6-5-8-11(16)14-10(7(2)3)12(17)15(8)9/h7-10H,4-6H2,1-3H3,(H,14,16)/t8-,9+,10-/m1/s1. The first kappa shape index (κ1) is 13.8. The molecule has 3 atom stereocenters. The fraction of sp³-hybridized carbons (Fsp3) is 0.769. The van der Waals surface area contributed by atoms with Crippen LogP contribution in [0.15, 0.2) is 0 Å². The molecule has 2 amide bonds. The first-order chi connectivity index (χ1) is 8.97. The maximum atomic E-state index is 12.4. The number of fused-ring (bicyclic) bond motifs is 1. The van der Waals surface area contributed by atoms with E-state index in [1.165, 1.54) is 4.90 Å². The van der Waals surface area contributed by atoms with Crippen molar-refractivity contribution >= 4 is 17.8 Å². The molecule has 0 aromatic heterocycles. The molecule has 0 bridgehead atoms. The molecule has 2 rings (SSSR count). The second-order valence-corrected chi connectivity index (χ2v) is 5.34. The molecule has 0 radical (unpaired) electrons. The summed E-state index contributed by atoms with van der Waals surface area (Å²) in [5.41, 5.74) is 0. The van der Waals surface area contributed by atoms with Crippen molar-refractivity contribution in [1.82, 2.24) is 10.2 Å². The number of hydrogen-bond donors (Lipinski definition) is 1. The van der Waals surface area contributed by atoms with Gasteiger partial charge in [0, 0.05) is 0 Å². The Balaban J connectivity index is 2.23. The summed E-state index contributed by atoms with van der Waals surface area (Å²) < 4.78 is 4.99. The summed E-state index contributed by atoms with van der Waals surface area (Å²) in [6, 6.07) is -1.67. The van der Waals surface area contributed by atoms with Crippen molar-refractivity contribution in [2.75, 3.05) is 6.61 Å². The van der Waals surface area contributed by atoms with E-state index in [4.69, 9.17) is 4.74 Å². The molecular formula is C13H20N2O4. The second kappa shape index (κ2) is 5.19. The van der Waals surface area contributed by atoms with Gasteiger partial charge in [0.05, 0.1) is 6.61 Å². The number of hydrogen-bond acceptors (Lipinski definition) is 4. The lowest BCUT2D eigenvalue weighted by Gasteiger charge is -2.38. The predicted molar refractivity (Wildman–Crippen MR) is 67.1 cm³/mol. The van der Waals surface area contributed by atoms with E-state index in [1.807, 2.05) is 13.8 Å². The monoisotopic (exact) mass is 268 g/mol. The predicted octanol–water partition coefficient (Wildman–Crippen LogP) is 0.0635. The van der Waals surface area contributed by atoms with Gasteiger partial charge < -0.3 is 15.0 Å². The topological polar surface area (TPSA) is 75.7 Å². The third-order valence-corrected chi connectivity index (χ3v) is 3.73. The first-order valence-electron chi connectivity index (χ1n) is 6.76. The van der Waals surface area contributed by atoms with Crippen molar-refractivity contribution in [2.24, 2.45) is 5.92 Å². The van der Waals surface area contributed by atoms with E-state index in [0.717, 1.165) is 0 Å². The SMILES string of the molecule is CCOC(=O)[C@@H]1CC[C@@H]2C(=O)N[C@H](C(C)C)C(=O)N21. The van der Waals surface area contributed by atoms with E-state index in [-0.39, 0.29) is 24.3 Å². The Hall–Kier alpha value is -1.59. The van der Waals surface area contributed by atoms with Gasteiger partial charge in [-0.25, -0.2) is 4.79 Å². The molecule has 0 unspecified atom stereocenters. The molecule has 106 valence electrons. The van der Waals surface area contributed by atoms with Gasteiger partial charge in [0.2, 0.25) is 11.8 Å². The zero-order valence-corrected chi connectivity index (χ0v) is 11.5. The summed E-state index contributed by atoms with van der Waals surface area (Å²) in [4.78, 5) is 37.7. The molecule has 0 spiro atoms. The Labute approximate surface area is 112 Å². The molecule has 1 N–H and O–H groups in total. The molecule has 0 aromatic rings. The van der Waals surface area contributed by atoms with Gasteiger partial charge >= 0.3 is 5.97 Å². The molecule has 2 fully saturated rings. The Morgan fingerprint density at radius 1 is 1.42 bits per heavy atom. The largest absolute Gasteiger partial charge is 0.464 e. The highest BCUT2D eigenvalue weighted by Gasteiger charge is 2.50. The van der Waals surface area contributed by atoms with E-state index >= 15 is 0 Å². The minimum atomic E-state index is -0.607. The lowest BCUT2D eigenvalue weighted by atomic mass is 9.98. The van der Waals surface area contributed by atoms with E-state index in [1.54, 1.807) is 6.92 Å². The van der Waals surface area contributed by atoms with Crippen molar-refractivity contribution in [2.45, 2.75) is 51.7 Å². The summed E-state index contributed by atoms with van der Waals surface area (Å²) in [6.45, 7) is 5.76. The summed E-state index contributed by atoms with van der Waals surface area (Å²) >= 11 is 0. The number of nitrogens with zero attached hydrogens (tertiary/aromatic N) is 1. The average Bonchev–Trinajstić information content (AvgIpc) is 2.79. The molecule has 0 saturated carbocycles. The van der Waals surface area contributed by atoms with E-state index < -0.39 is 24.1 Å². The smallest absolute Gasteiger partial charge is 0.328 e. The molecule has 2 aliphatic rings. The van der Waals surface area contributed by atoms with Crippen molar-refractivity contribution in [1.29, 1.82) is 0 Å². The lowest BCUT2D eigenvalue weighted by molar-refractivity contribution is -0.159. The van der Waals surface area contributed by atoms with Crippen LogP contribution in [-0.2, 0) is 19.1 Å². The van der Waals surface area contributed by atoms with Crippen LogP contribution in [0.1, 0.15) is 33.6 Å². The Morgan fingerprint density at radius 2 is 2.11 bits per heavy atom. The van der Waals surface area contributed by atoms with Crippen LogP contribution in [0, 0.1) is 5.92 Å². The average molecular weight is 268 g/mol. The van der Waals surface area contributed by atoms with Crippen molar-refractivity contribution < 1.29 is 19.1 Å². The van der Waals surface area contributed by atoms with Crippen LogP contribution in [0.25, 0.3) is 0 Å². The number of piperazine rings is 1. The summed E-state index contributed by atoms with van der Waals surface area (Å²) in [5.74, 6) is -0.739. The lowest BCUT2D eigenvalue weighted by Crippen LogP contribution is -2.65. The van der Waals surface area contributed by atoms with Gasteiger partial charge in [-0.3, -0.25) is 9.59 Å². The number of ether oxygens (including phenoxy) is 1. The molecule has 19 heavy (non-hydrogen) atoms. The molecule has 2 saturated heterocycles. The Morgan fingerprint density at radius 3 is 2.68 bits per heavy atom. The van der Waals surface area contributed by atoms with Crippen LogP contribution in [0.4, 0.5) is 0 Å². The maximum absolute atomic E-state index is 12.4. The number of rotatable bonds is 3. The van der Waals surface area contributed by atoms with Crippen LogP contribution >= 0.6 is 0 Å². The number of amides is 2. The van der Waals surface area contributed by atoms with Crippen molar-refractivity contribution in [3.05, 3.63) is 0 Å². The Kier molecular flexibility index (Phi) is 3.78. The van der Waals surface area contributed by atoms with Gasteiger partial charge in [-0.05, 0) is 25.7 Å². The fourth-order valence-corrected chi connectivity index (χ4v) is 2.77. The summed E-state index contributed by atoms with van der Waals surface area (Å²) in [6.07, 6.45) is 1.01. The normalized spacial score (nSPS) is 30.3. The first-order valence-corrected chi connectivity index (χ1v) is 6.76. The molecule has 2 heterocycles. The number of carbonyl (C=O) groups excluding carboxylic acids is 3. The third-order valence-electron chi connectivity index (χ3n) is 3.73. The third kappa shape index (κ3) is 2.31. The number of esters is 1. The highest BCUT2D eigenvalue weighted by molar-refractivity contribution is 6.00. The molecule has 6 nitrogen and oxygen atoms in total. The van der Waals surface area contributed by atoms with Crippen LogP contribution in [-0.4, -0.2) is 47.4 Å². The van der Waals surface area contributed by atoms with Gasteiger partial charge in [-0.2, -0.15) is 0 Å². The minimum Gasteiger partial charge on any atom is -0.464 e. The van der Waals surface area contributed by atoms with E-state index in [9.17, 15) is 14.4 Å². The van der Waals surface area contributed by atoms with Crippen LogP contribution < -0.4 is 5.32 Å². The zero-order chi connectivity index (χ0) is 14.2. The molecule has 6 heteroatoms. The van der Waals surface area contributed by atoms with Crippen LogP contribution in [0.3, 0.4) is 0 Å². The molecule has 2 aliphatic heterocycles. The quantitative estimate of drug-likeness (QED) is 0.735. The highest BCUT2D eigenvalue weighted by Crippen LogP contribution is 2.30. The zero-order valence-electron chi connectivity index (χ0n) is 11.5. The fourth-order valence-electron chi connectivity index (χ4n) is 2.77.